The molecule has 0 aliphatic carbocycles. The van der Waals surface area contributed by atoms with Gasteiger partial charge in [-0.25, -0.2) is 8.42 Å². The molecule has 12 heteroatoms. The number of Topliss-reactive ketones (excluding diaryl/α,β-unsaturated/α-hetero) is 2. The predicted molar refractivity (Wildman–Crippen MR) is 136 cm³/mol. The van der Waals surface area contributed by atoms with Gasteiger partial charge in [0.15, 0.2) is 9.84 Å². The first kappa shape index (κ1) is 28.2. The van der Waals surface area contributed by atoms with E-state index in [-0.39, 0.29) is 29.5 Å². The average molecular weight is 549 g/mol. The van der Waals surface area contributed by atoms with Gasteiger partial charge in [-0.3, -0.25) is 19.2 Å². The third kappa shape index (κ3) is 6.89. The average Bonchev–Trinajstić information content (AvgIpc) is 3.14. The number of nitrogens with zero attached hydrogens (tertiary/aromatic N) is 2. The molecule has 0 unspecified atom stereocenters. The number of phenolic OH excluding ortho intramolecular Hbond substituents is 1. The van der Waals surface area contributed by atoms with Crippen LogP contribution in [0.15, 0.2) is 46.2 Å². The first-order valence-corrected chi connectivity index (χ1v) is 14.0. The van der Waals surface area contributed by atoms with Gasteiger partial charge in [0.1, 0.15) is 11.5 Å². The molecule has 2 amide bonds. The zero-order valence-corrected chi connectivity index (χ0v) is 22.4. The Labute approximate surface area is 219 Å². The van der Waals surface area contributed by atoms with Gasteiger partial charge in [0.25, 0.3) is 11.8 Å². The van der Waals surface area contributed by atoms with Crippen molar-refractivity contribution in [2.24, 2.45) is 0 Å². The number of amides is 2. The summed E-state index contributed by atoms with van der Waals surface area (Å²) in [5.74, 6) is -0.912. The first-order chi connectivity index (χ1) is 17.4. The third-order valence-corrected chi connectivity index (χ3v) is 8.68. The highest BCUT2D eigenvalue weighted by Crippen LogP contribution is 2.30. The first-order valence-electron chi connectivity index (χ1n) is 11.4. The second-order valence-electron chi connectivity index (χ2n) is 8.50. The Bertz CT molecular complexity index is 1340. The molecule has 0 saturated heterocycles. The standard InChI is InChI=1S/C13H15NO5S.C12H13NO3S/c1-9(15)13(16)14-5-6-20(17,18)12-4-3-11(19-2)7-10(12)8-14;1-8(14)12(16)13-4-5-17-11-3-2-10(15)6-9(11)7-13/h3-4,7H,5-6,8H2,1-2H3;2-3,6,15H,4-5,7H2,1H3. The SMILES string of the molecule is CC(=O)C(=O)N1CCSc2ccc(O)cc2C1.COc1ccc2c(c1)CN(C(=O)C(C)=O)CCS2(=O)=O. The van der Waals surface area contributed by atoms with Gasteiger partial charge in [0, 0.05) is 50.7 Å². The van der Waals surface area contributed by atoms with E-state index in [4.69, 9.17) is 4.74 Å². The van der Waals surface area contributed by atoms with Gasteiger partial charge in [-0.05, 0) is 47.5 Å². The number of fused-ring (bicyclic) bond motifs is 2. The highest BCUT2D eigenvalue weighted by molar-refractivity contribution is 7.99. The van der Waals surface area contributed by atoms with Crippen molar-refractivity contribution in [1.82, 2.24) is 9.80 Å². The van der Waals surface area contributed by atoms with Gasteiger partial charge in [-0.15, -0.1) is 11.8 Å². The van der Waals surface area contributed by atoms with Crippen LogP contribution in [0, 0.1) is 0 Å². The van der Waals surface area contributed by atoms with Crippen molar-refractivity contribution in [3.63, 3.8) is 0 Å². The lowest BCUT2D eigenvalue weighted by atomic mass is 10.2. The number of ketones is 2. The Kier molecular flexibility index (Phi) is 8.98. The summed E-state index contributed by atoms with van der Waals surface area (Å²) in [6.07, 6.45) is 0. The zero-order chi connectivity index (χ0) is 27.3. The molecule has 37 heavy (non-hydrogen) atoms. The van der Waals surface area contributed by atoms with Gasteiger partial charge in [0.05, 0.1) is 17.8 Å². The number of rotatable bonds is 3. The summed E-state index contributed by atoms with van der Waals surface area (Å²) in [4.78, 5) is 49.7. The molecule has 10 nitrogen and oxygen atoms in total. The van der Waals surface area contributed by atoms with Gasteiger partial charge < -0.3 is 19.6 Å². The van der Waals surface area contributed by atoms with E-state index in [1.54, 1.807) is 36.0 Å². The number of aromatic hydroxyl groups is 1. The minimum Gasteiger partial charge on any atom is -0.508 e. The van der Waals surface area contributed by atoms with E-state index in [1.807, 2.05) is 6.07 Å². The molecule has 2 aromatic carbocycles. The quantitative estimate of drug-likeness (QED) is 0.569. The normalized spacial score (nSPS) is 16.1. The van der Waals surface area contributed by atoms with Crippen LogP contribution in [-0.4, -0.2) is 78.4 Å². The minimum atomic E-state index is -3.46. The van der Waals surface area contributed by atoms with Gasteiger partial charge in [0.2, 0.25) is 11.6 Å². The van der Waals surface area contributed by atoms with Gasteiger partial charge in [-0.1, -0.05) is 0 Å². The van der Waals surface area contributed by atoms with Crippen LogP contribution >= 0.6 is 11.8 Å². The molecule has 2 heterocycles. The van der Waals surface area contributed by atoms with Crippen molar-refractivity contribution in [3.8, 4) is 11.5 Å². The van der Waals surface area contributed by atoms with E-state index >= 15 is 0 Å². The molecule has 1 N–H and O–H groups in total. The molecule has 198 valence electrons. The van der Waals surface area contributed by atoms with E-state index in [0.717, 1.165) is 16.2 Å². The Morgan fingerprint density at radius 2 is 1.51 bits per heavy atom. The Hall–Kier alpha value is -3.38. The summed E-state index contributed by atoms with van der Waals surface area (Å²) in [6, 6.07) is 9.75. The second-order valence-corrected chi connectivity index (χ2v) is 11.7. The number of hydrogen-bond acceptors (Lipinski definition) is 9. The molecule has 0 radical (unpaired) electrons. The molecule has 0 bridgehead atoms. The molecule has 0 saturated carbocycles. The molecule has 2 aromatic rings. The number of carbonyl (C=O) groups excluding carboxylic acids is 4. The van der Waals surface area contributed by atoms with Crippen LogP contribution in [0.4, 0.5) is 0 Å². The van der Waals surface area contributed by atoms with E-state index in [9.17, 15) is 32.7 Å². The van der Waals surface area contributed by atoms with Crippen molar-refractivity contribution >= 4 is 45.0 Å². The molecule has 2 aliphatic heterocycles. The highest BCUT2D eigenvalue weighted by Gasteiger charge is 2.29. The maximum Gasteiger partial charge on any atom is 0.289 e. The maximum atomic E-state index is 12.2. The molecule has 0 fully saturated rings. The van der Waals surface area contributed by atoms with E-state index < -0.39 is 33.2 Å². The van der Waals surface area contributed by atoms with Crippen molar-refractivity contribution in [2.75, 3.05) is 31.7 Å². The summed E-state index contributed by atoms with van der Waals surface area (Å²) < 4.78 is 29.4. The molecule has 0 spiro atoms. The summed E-state index contributed by atoms with van der Waals surface area (Å²) >= 11 is 1.63. The molecule has 0 aromatic heterocycles. The number of benzene rings is 2. The summed E-state index contributed by atoms with van der Waals surface area (Å²) in [5, 5.41) is 9.43. The van der Waals surface area contributed by atoms with Crippen molar-refractivity contribution < 1.29 is 37.4 Å². The number of ether oxygens (including phenoxy) is 1. The largest absolute Gasteiger partial charge is 0.508 e. The van der Waals surface area contributed by atoms with E-state index in [1.165, 1.54) is 36.8 Å². The Morgan fingerprint density at radius 3 is 2.14 bits per heavy atom. The summed E-state index contributed by atoms with van der Waals surface area (Å²) in [7, 11) is -1.98. The number of hydrogen-bond donors (Lipinski definition) is 1. The van der Waals surface area contributed by atoms with Crippen LogP contribution in [0.2, 0.25) is 0 Å². The fraction of sp³-hybridized carbons (Fsp3) is 0.360. The fourth-order valence-electron chi connectivity index (χ4n) is 3.91. The van der Waals surface area contributed by atoms with Crippen LogP contribution in [-0.2, 0) is 42.1 Å². The highest BCUT2D eigenvalue weighted by atomic mass is 32.2. The molecular formula is C25H28N2O8S2. The smallest absolute Gasteiger partial charge is 0.289 e. The monoisotopic (exact) mass is 548 g/mol. The van der Waals surface area contributed by atoms with Crippen molar-refractivity contribution in [1.29, 1.82) is 0 Å². The number of carbonyl (C=O) groups is 4. The predicted octanol–water partition coefficient (Wildman–Crippen LogP) is 1.82. The number of methoxy groups -OCH3 is 1. The van der Waals surface area contributed by atoms with Crippen LogP contribution in [0.3, 0.4) is 0 Å². The zero-order valence-electron chi connectivity index (χ0n) is 20.7. The minimum absolute atomic E-state index is 0.0116. The van der Waals surface area contributed by atoms with Crippen LogP contribution in [0.1, 0.15) is 25.0 Å². The fourth-order valence-corrected chi connectivity index (χ4v) is 6.39. The second kappa shape index (κ2) is 11.8. The van der Waals surface area contributed by atoms with Crippen molar-refractivity contribution in [2.45, 2.75) is 36.7 Å². The van der Waals surface area contributed by atoms with Crippen LogP contribution < -0.4 is 4.74 Å². The maximum absolute atomic E-state index is 12.2. The lowest BCUT2D eigenvalue weighted by Gasteiger charge is -2.18. The van der Waals surface area contributed by atoms with Gasteiger partial charge >= 0.3 is 0 Å². The number of thioether (sulfide) groups is 1. The Morgan fingerprint density at radius 1 is 0.892 bits per heavy atom. The van der Waals surface area contributed by atoms with Gasteiger partial charge in [-0.2, -0.15) is 0 Å². The summed E-state index contributed by atoms with van der Waals surface area (Å²) in [6.45, 7) is 3.49. The lowest BCUT2D eigenvalue weighted by Crippen LogP contribution is -2.36. The van der Waals surface area contributed by atoms with E-state index in [0.29, 0.717) is 24.4 Å². The van der Waals surface area contributed by atoms with Crippen LogP contribution in [0.5, 0.6) is 11.5 Å². The third-order valence-electron chi connectivity index (χ3n) is 5.79. The molecule has 4 rings (SSSR count). The summed E-state index contributed by atoms with van der Waals surface area (Å²) in [5.41, 5.74) is 1.36. The van der Waals surface area contributed by atoms with Crippen molar-refractivity contribution in [3.05, 3.63) is 47.5 Å². The lowest BCUT2D eigenvalue weighted by molar-refractivity contribution is -0.143. The number of phenols is 1. The molecular weight excluding hydrogens is 520 g/mol. The molecule has 2 aliphatic rings. The van der Waals surface area contributed by atoms with Crippen LogP contribution in [0.25, 0.3) is 0 Å². The molecule has 0 atom stereocenters. The topological polar surface area (TPSA) is 138 Å². The Balaban J connectivity index is 0.000000208. The number of sulfone groups is 1. The van der Waals surface area contributed by atoms with E-state index in [2.05, 4.69) is 0 Å².